The summed E-state index contributed by atoms with van der Waals surface area (Å²) in [6.07, 6.45) is -4.32. The van der Waals surface area contributed by atoms with Crippen LogP contribution < -0.4 is 9.62 Å². The highest BCUT2D eigenvalue weighted by Gasteiger charge is 2.41. The standard InChI is InChI=1S/C24H23F3N4O4S/c1-15-6-3-4-7-16(15)21-17(24(25,26)27)10-11-18(28-21)30-36(34,35)20-9-5-8-19(29-20)31-13-12-23(2,14-31)22(32)33/h3-11H,12-14H2,1-2H3,(H,28,30)(H,32,33). The van der Waals surface area contributed by atoms with Crippen molar-refractivity contribution < 1.29 is 31.5 Å². The summed E-state index contributed by atoms with van der Waals surface area (Å²) < 4.78 is 69.3. The summed E-state index contributed by atoms with van der Waals surface area (Å²) >= 11 is 0. The van der Waals surface area contributed by atoms with Crippen LogP contribution in [0.15, 0.2) is 59.6 Å². The van der Waals surface area contributed by atoms with Crippen molar-refractivity contribution >= 4 is 27.6 Å². The predicted octanol–water partition coefficient (Wildman–Crippen LogP) is 4.57. The van der Waals surface area contributed by atoms with E-state index in [0.29, 0.717) is 18.5 Å². The molecule has 8 nitrogen and oxygen atoms in total. The zero-order valence-corrected chi connectivity index (χ0v) is 20.2. The normalized spacial score (nSPS) is 18.3. The average Bonchev–Trinajstić information content (AvgIpc) is 3.22. The van der Waals surface area contributed by atoms with Gasteiger partial charge < -0.3 is 10.0 Å². The molecule has 190 valence electrons. The second-order valence-corrected chi connectivity index (χ2v) is 10.5. The molecule has 1 saturated heterocycles. The summed E-state index contributed by atoms with van der Waals surface area (Å²) in [5.41, 5.74) is -1.60. The number of aryl methyl sites for hydroxylation is 1. The average molecular weight is 521 g/mol. The fraction of sp³-hybridized carbons (Fsp3) is 0.292. The molecule has 0 spiro atoms. The molecule has 1 atom stereocenters. The Bertz CT molecular complexity index is 1430. The summed E-state index contributed by atoms with van der Waals surface area (Å²) in [6, 6.07) is 12.4. The number of carboxylic acids is 1. The number of hydrogen-bond acceptors (Lipinski definition) is 6. The van der Waals surface area contributed by atoms with Crippen LogP contribution in [-0.4, -0.2) is 42.6 Å². The first kappa shape index (κ1) is 25.4. The number of alkyl halides is 3. The number of hydrogen-bond donors (Lipinski definition) is 2. The van der Waals surface area contributed by atoms with Crippen molar-refractivity contribution in [2.24, 2.45) is 5.41 Å². The SMILES string of the molecule is Cc1ccccc1-c1nc(NS(=O)(=O)c2cccc(N3CCC(C)(C(=O)O)C3)n2)ccc1C(F)(F)F. The minimum atomic E-state index is -4.70. The lowest BCUT2D eigenvalue weighted by atomic mass is 9.90. The smallest absolute Gasteiger partial charge is 0.418 e. The van der Waals surface area contributed by atoms with Crippen LogP contribution in [0.25, 0.3) is 11.3 Å². The maximum Gasteiger partial charge on any atom is 0.418 e. The van der Waals surface area contributed by atoms with E-state index in [0.717, 1.165) is 12.1 Å². The molecule has 1 unspecified atom stereocenters. The van der Waals surface area contributed by atoms with Crippen LogP contribution in [0.1, 0.15) is 24.5 Å². The van der Waals surface area contributed by atoms with Gasteiger partial charge in [0.15, 0.2) is 5.03 Å². The van der Waals surface area contributed by atoms with E-state index in [4.69, 9.17) is 0 Å². The second-order valence-electron chi connectivity index (χ2n) is 8.88. The summed E-state index contributed by atoms with van der Waals surface area (Å²) in [5, 5.41) is 9.07. The number of carbonyl (C=O) groups is 1. The summed E-state index contributed by atoms with van der Waals surface area (Å²) in [7, 11) is -4.32. The third kappa shape index (κ3) is 4.99. The number of nitrogens with one attached hydrogen (secondary N) is 1. The molecule has 0 saturated carbocycles. The predicted molar refractivity (Wildman–Crippen MR) is 127 cm³/mol. The third-order valence-electron chi connectivity index (χ3n) is 6.14. The number of rotatable bonds is 6. The van der Waals surface area contributed by atoms with E-state index in [1.807, 2.05) is 0 Å². The van der Waals surface area contributed by atoms with Crippen molar-refractivity contribution in [3.63, 3.8) is 0 Å². The topological polar surface area (TPSA) is 112 Å². The fourth-order valence-electron chi connectivity index (χ4n) is 4.04. The Balaban J connectivity index is 1.66. The number of aromatic nitrogens is 2. The molecular formula is C24H23F3N4O4S. The van der Waals surface area contributed by atoms with Crippen LogP contribution in [0.4, 0.5) is 24.8 Å². The lowest BCUT2D eigenvalue weighted by molar-refractivity contribution is -0.146. The number of pyridine rings is 2. The minimum absolute atomic E-state index is 0.159. The zero-order valence-electron chi connectivity index (χ0n) is 19.4. The maximum absolute atomic E-state index is 13.7. The molecule has 2 N–H and O–H groups in total. The molecule has 12 heteroatoms. The van der Waals surface area contributed by atoms with Gasteiger partial charge in [-0.2, -0.15) is 21.6 Å². The molecule has 4 rings (SSSR count). The Morgan fingerprint density at radius 2 is 1.81 bits per heavy atom. The molecular weight excluding hydrogens is 497 g/mol. The summed E-state index contributed by atoms with van der Waals surface area (Å²) in [5.74, 6) is -0.967. The molecule has 1 aromatic carbocycles. The lowest BCUT2D eigenvalue weighted by Crippen LogP contribution is -2.32. The Labute approximate surface area is 205 Å². The van der Waals surface area contributed by atoms with Gasteiger partial charge in [0.05, 0.1) is 16.7 Å². The van der Waals surface area contributed by atoms with Gasteiger partial charge in [-0.1, -0.05) is 30.3 Å². The van der Waals surface area contributed by atoms with Crippen LogP contribution in [0.3, 0.4) is 0 Å². The van der Waals surface area contributed by atoms with E-state index in [1.54, 1.807) is 43.0 Å². The number of nitrogens with zero attached hydrogens (tertiary/aromatic N) is 3. The molecule has 1 aliphatic heterocycles. The Hall–Kier alpha value is -3.67. The molecule has 1 aliphatic rings. The van der Waals surface area contributed by atoms with Gasteiger partial charge in [-0.3, -0.25) is 9.52 Å². The van der Waals surface area contributed by atoms with Crippen LogP contribution in [0.2, 0.25) is 0 Å². The maximum atomic E-state index is 13.7. The van der Waals surface area contributed by atoms with Gasteiger partial charge in [-0.05, 0) is 50.1 Å². The highest BCUT2D eigenvalue weighted by molar-refractivity contribution is 7.92. The van der Waals surface area contributed by atoms with Crippen molar-refractivity contribution in [2.45, 2.75) is 31.5 Å². The lowest BCUT2D eigenvalue weighted by Gasteiger charge is -2.21. The summed E-state index contributed by atoms with van der Waals surface area (Å²) in [6.45, 7) is 3.79. The number of benzene rings is 1. The Morgan fingerprint density at radius 1 is 1.08 bits per heavy atom. The van der Waals surface area contributed by atoms with Crippen LogP contribution in [0, 0.1) is 12.3 Å². The van der Waals surface area contributed by atoms with E-state index < -0.39 is 38.8 Å². The Kier molecular flexibility index (Phi) is 6.41. The van der Waals surface area contributed by atoms with Crippen LogP contribution in [0.5, 0.6) is 0 Å². The number of sulfonamides is 1. The highest BCUT2D eigenvalue weighted by Crippen LogP contribution is 2.38. The second kappa shape index (κ2) is 9.08. The fourth-order valence-corrected chi connectivity index (χ4v) is 5.00. The molecule has 1 fully saturated rings. The number of carboxylic acid groups (broad SMARTS) is 1. The van der Waals surface area contributed by atoms with Crippen molar-refractivity contribution in [2.75, 3.05) is 22.7 Å². The molecule has 0 bridgehead atoms. The minimum Gasteiger partial charge on any atom is -0.481 e. The van der Waals surface area contributed by atoms with E-state index in [1.165, 1.54) is 18.2 Å². The number of anilines is 2. The van der Waals surface area contributed by atoms with E-state index in [-0.39, 0.29) is 28.8 Å². The van der Waals surface area contributed by atoms with Crippen molar-refractivity contribution in [1.29, 1.82) is 0 Å². The molecule has 3 heterocycles. The number of halogens is 3. The van der Waals surface area contributed by atoms with E-state index in [2.05, 4.69) is 14.7 Å². The first-order valence-electron chi connectivity index (χ1n) is 10.9. The van der Waals surface area contributed by atoms with Crippen molar-refractivity contribution in [3.8, 4) is 11.3 Å². The molecule has 0 aliphatic carbocycles. The molecule has 0 radical (unpaired) electrons. The van der Waals surface area contributed by atoms with Crippen LogP contribution >= 0.6 is 0 Å². The van der Waals surface area contributed by atoms with E-state index in [9.17, 15) is 31.5 Å². The molecule has 2 aromatic heterocycles. The summed E-state index contributed by atoms with van der Waals surface area (Å²) in [4.78, 5) is 21.4. The van der Waals surface area contributed by atoms with Gasteiger partial charge in [0.2, 0.25) is 0 Å². The zero-order chi connectivity index (χ0) is 26.3. The Morgan fingerprint density at radius 3 is 2.44 bits per heavy atom. The molecule has 0 amide bonds. The van der Waals surface area contributed by atoms with Gasteiger partial charge >= 0.3 is 12.1 Å². The van der Waals surface area contributed by atoms with Crippen LogP contribution in [-0.2, 0) is 21.0 Å². The third-order valence-corrected chi connectivity index (χ3v) is 7.39. The molecule has 3 aromatic rings. The van der Waals surface area contributed by atoms with Crippen molar-refractivity contribution in [3.05, 3.63) is 65.7 Å². The van der Waals surface area contributed by atoms with Gasteiger partial charge in [0.25, 0.3) is 10.0 Å². The van der Waals surface area contributed by atoms with E-state index >= 15 is 0 Å². The first-order chi connectivity index (χ1) is 16.8. The highest BCUT2D eigenvalue weighted by atomic mass is 32.2. The van der Waals surface area contributed by atoms with Gasteiger partial charge in [-0.15, -0.1) is 0 Å². The molecule has 36 heavy (non-hydrogen) atoms. The first-order valence-corrected chi connectivity index (χ1v) is 12.4. The van der Waals surface area contributed by atoms with Gasteiger partial charge in [0, 0.05) is 18.7 Å². The monoisotopic (exact) mass is 520 g/mol. The van der Waals surface area contributed by atoms with Crippen molar-refractivity contribution in [1.82, 2.24) is 9.97 Å². The van der Waals surface area contributed by atoms with Gasteiger partial charge in [0.1, 0.15) is 11.6 Å². The largest absolute Gasteiger partial charge is 0.481 e. The van der Waals surface area contributed by atoms with Gasteiger partial charge in [-0.25, -0.2) is 9.97 Å². The quantitative estimate of drug-likeness (QED) is 0.490. The number of aliphatic carboxylic acids is 1.